The lowest BCUT2D eigenvalue weighted by Crippen LogP contribution is -2.07. The van der Waals surface area contributed by atoms with Crippen molar-refractivity contribution in [1.82, 2.24) is 9.55 Å². The van der Waals surface area contributed by atoms with Crippen LogP contribution in [0.25, 0.3) is 0 Å². The predicted octanol–water partition coefficient (Wildman–Crippen LogP) is 2.85. The van der Waals surface area contributed by atoms with E-state index in [0.717, 1.165) is 25.9 Å². The Morgan fingerprint density at radius 3 is 2.71 bits per heavy atom. The standard InChI is InChI=1S/C14H27N3/c1-12(2)8-14-10-17(11-16-14)9-13(3)6-4-5-7-15/h10-13H,4-9,15H2,1-3H3. The smallest absolute Gasteiger partial charge is 0.0949 e. The van der Waals surface area contributed by atoms with Crippen LogP contribution in [0, 0.1) is 11.8 Å². The Kier molecular flexibility index (Phi) is 6.27. The van der Waals surface area contributed by atoms with E-state index in [4.69, 9.17) is 5.73 Å². The molecule has 1 rings (SSSR count). The lowest BCUT2D eigenvalue weighted by molar-refractivity contribution is 0.432. The maximum absolute atomic E-state index is 5.50. The monoisotopic (exact) mass is 237 g/mol. The molecule has 0 aromatic carbocycles. The Balaban J connectivity index is 2.32. The molecule has 2 N–H and O–H groups in total. The Morgan fingerprint density at radius 1 is 1.29 bits per heavy atom. The molecule has 1 aromatic rings. The van der Waals surface area contributed by atoms with E-state index in [2.05, 4.69) is 36.5 Å². The minimum Gasteiger partial charge on any atom is -0.337 e. The molecule has 0 bridgehead atoms. The summed E-state index contributed by atoms with van der Waals surface area (Å²) >= 11 is 0. The van der Waals surface area contributed by atoms with Gasteiger partial charge in [-0.05, 0) is 37.6 Å². The Hall–Kier alpha value is -0.830. The summed E-state index contributed by atoms with van der Waals surface area (Å²) in [6, 6.07) is 0. The number of hydrogen-bond acceptors (Lipinski definition) is 2. The molecular weight excluding hydrogens is 210 g/mol. The third-order valence-electron chi connectivity index (χ3n) is 2.98. The van der Waals surface area contributed by atoms with Crippen molar-refractivity contribution in [1.29, 1.82) is 0 Å². The highest BCUT2D eigenvalue weighted by Crippen LogP contribution is 2.12. The molecule has 3 nitrogen and oxygen atoms in total. The second kappa shape index (κ2) is 7.49. The molecule has 3 heteroatoms. The number of hydrogen-bond donors (Lipinski definition) is 1. The van der Waals surface area contributed by atoms with Crippen LogP contribution in [0.2, 0.25) is 0 Å². The minimum absolute atomic E-state index is 0.681. The van der Waals surface area contributed by atoms with Crippen LogP contribution in [0.5, 0.6) is 0 Å². The fraction of sp³-hybridized carbons (Fsp3) is 0.786. The fourth-order valence-corrected chi connectivity index (χ4v) is 2.12. The van der Waals surface area contributed by atoms with Crippen molar-refractivity contribution >= 4 is 0 Å². The molecule has 1 unspecified atom stereocenters. The molecule has 0 aliphatic rings. The normalized spacial score (nSPS) is 13.2. The summed E-state index contributed by atoms with van der Waals surface area (Å²) in [5.74, 6) is 1.39. The molecule has 17 heavy (non-hydrogen) atoms. The molecular formula is C14H27N3. The Morgan fingerprint density at radius 2 is 2.06 bits per heavy atom. The second-order valence-corrected chi connectivity index (χ2v) is 5.55. The van der Waals surface area contributed by atoms with Gasteiger partial charge in [0.05, 0.1) is 12.0 Å². The first-order valence-electron chi connectivity index (χ1n) is 6.82. The largest absolute Gasteiger partial charge is 0.337 e. The van der Waals surface area contributed by atoms with Crippen LogP contribution in [0.15, 0.2) is 12.5 Å². The highest BCUT2D eigenvalue weighted by molar-refractivity contribution is 4.97. The van der Waals surface area contributed by atoms with Gasteiger partial charge in [-0.1, -0.05) is 27.2 Å². The Bertz CT molecular complexity index is 304. The van der Waals surface area contributed by atoms with Crippen LogP contribution in [0.3, 0.4) is 0 Å². The van der Waals surface area contributed by atoms with Crippen molar-refractivity contribution < 1.29 is 0 Å². The van der Waals surface area contributed by atoms with Crippen LogP contribution in [0.4, 0.5) is 0 Å². The van der Waals surface area contributed by atoms with Crippen molar-refractivity contribution in [3.63, 3.8) is 0 Å². The van der Waals surface area contributed by atoms with E-state index in [1.165, 1.54) is 18.5 Å². The first-order valence-corrected chi connectivity index (χ1v) is 6.82. The van der Waals surface area contributed by atoms with E-state index in [0.29, 0.717) is 11.8 Å². The summed E-state index contributed by atoms with van der Waals surface area (Å²) in [6.07, 6.45) is 8.89. The first kappa shape index (κ1) is 14.2. The van der Waals surface area contributed by atoms with Crippen LogP contribution >= 0.6 is 0 Å². The third-order valence-corrected chi connectivity index (χ3v) is 2.98. The van der Waals surface area contributed by atoms with E-state index >= 15 is 0 Å². The van der Waals surface area contributed by atoms with E-state index < -0.39 is 0 Å². The van der Waals surface area contributed by atoms with E-state index in [1.54, 1.807) is 0 Å². The number of aromatic nitrogens is 2. The van der Waals surface area contributed by atoms with Crippen LogP contribution in [-0.4, -0.2) is 16.1 Å². The molecule has 0 saturated heterocycles. The summed E-state index contributed by atoms with van der Waals surface area (Å²) in [5, 5.41) is 0. The highest BCUT2D eigenvalue weighted by atomic mass is 15.0. The predicted molar refractivity (Wildman–Crippen MR) is 72.8 cm³/mol. The average Bonchev–Trinajstić information content (AvgIpc) is 2.64. The average molecular weight is 237 g/mol. The Labute approximate surface area is 105 Å². The van der Waals surface area contributed by atoms with E-state index in [-0.39, 0.29) is 0 Å². The van der Waals surface area contributed by atoms with Gasteiger partial charge in [0, 0.05) is 12.7 Å². The molecule has 1 heterocycles. The van der Waals surface area contributed by atoms with Gasteiger partial charge < -0.3 is 10.3 Å². The highest BCUT2D eigenvalue weighted by Gasteiger charge is 2.05. The molecule has 0 radical (unpaired) electrons. The van der Waals surface area contributed by atoms with Crippen molar-refractivity contribution in [3.8, 4) is 0 Å². The van der Waals surface area contributed by atoms with Gasteiger partial charge in [-0.3, -0.25) is 0 Å². The maximum atomic E-state index is 5.50. The van der Waals surface area contributed by atoms with E-state index in [1.807, 2.05) is 6.33 Å². The van der Waals surface area contributed by atoms with Crippen molar-refractivity contribution in [3.05, 3.63) is 18.2 Å². The van der Waals surface area contributed by atoms with Gasteiger partial charge >= 0.3 is 0 Å². The first-order chi connectivity index (χ1) is 8.11. The van der Waals surface area contributed by atoms with Gasteiger partial charge in [0.25, 0.3) is 0 Å². The van der Waals surface area contributed by atoms with Gasteiger partial charge in [-0.25, -0.2) is 4.98 Å². The van der Waals surface area contributed by atoms with Crippen LogP contribution in [0.1, 0.15) is 45.7 Å². The summed E-state index contributed by atoms with van der Waals surface area (Å²) in [7, 11) is 0. The molecule has 98 valence electrons. The molecule has 0 fully saturated rings. The van der Waals surface area contributed by atoms with Gasteiger partial charge in [-0.2, -0.15) is 0 Å². The molecule has 1 aromatic heterocycles. The summed E-state index contributed by atoms with van der Waals surface area (Å²) in [4.78, 5) is 4.45. The molecule has 0 aliphatic carbocycles. The minimum atomic E-state index is 0.681. The number of nitrogens with zero attached hydrogens (tertiary/aromatic N) is 2. The summed E-state index contributed by atoms with van der Waals surface area (Å²) in [5.41, 5.74) is 6.72. The number of rotatable bonds is 8. The fourth-order valence-electron chi connectivity index (χ4n) is 2.12. The number of imidazole rings is 1. The third kappa shape index (κ3) is 5.87. The quantitative estimate of drug-likeness (QED) is 0.707. The van der Waals surface area contributed by atoms with Crippen LogP contribution in [-0.2, 0) is 13.0 Å². The van der Waals surface area contributed by atoms with Crippen molar-refractivity contribution in [2.45, 2.75) is 53.0 Å². The number of nitrogens with two attached hydrogens (primary N) is 1. The summed E-state index contributed by atoms with van der Waals surface area (Å²) < 4.78 is 2.23. The summed E-state index contributed by atoms with van der Waals surface area (Å²) in [6.45, 7) is 8.66. The van der Waals surface area contributed by atoms with Gasteiger partial charge in [0.2, 0.25) is 0 Å². The molecule has 0 aliphatic heterocycles. The molecule has 0 amide bonds. The van der Waals surface area contributed by atoms with Crippen molar-refractivity contribution in [2.75, 3.05) is 6.54 Å². The van der Waals surface area contributed by atoms with Gasteiger partial charge in [-0.15, -0.1) is 0 Å². The molecule has 0 spiro atoms. The molecule has 1 atom stereocenters. The van der Waals surface area contributed by atoms with Crippen molar-refractivity contribution in [2.24, 2.45) is 17.6 Å². The number of unbranched alkanes of at least 4 members (excludes halogenated alkanes) is 1. The lowest BCUT2D eigenvalue weighted by atomic mass is 10.0. The zero-order valence-corrected chi connectivity index (χ0v) is 11.5. The SMILES string of the molecule is CC(C)Cc1cn(CC(C)CCCCN)cn1. The van der Waals surface area contributed by atoms with Gasteiger partial charge in [0.1, 0.15) is 0 Å². The van der Waals surface area contributed by atoms with Gasteiger partial charge in [0.15, 0.2) is 0 Å². The van der Waals surface area contributed by atoms with Crippen LogP contribution < -0.4 is 5.73 Å². The molecule has 0 saturated carbocycles. The zero-order chi connectivity index (χ0) is 12.7. The maximum Gasteiger partial charge on any atom is 0.0949 e. The zero-order valence-electron chi connectivity index (χ0n) is 11.5. The topological polar surface area (TPSA) is 43.8 Å². The second-order valence-electron chi connectivity index (χ2n) is 5.55. The van der Waals surface area contributed by atoms with E-state index in [9.17, 15) is 0 Å². The lowest BCUT2D eigenvalue weighted by Gasteiger charge is -2.11.